The van der Waals surface area contributed by atoms with Crippen molar-refractivity contribution in [3.8, 4) is 0 Å². The van der Waals surface area contributed by atoms with E-state index < -0.39 is 58.6 Å². The molecule has 10 nitrogen and oxygen atoms in total. The molecular weight excluding hydrogens is 564 g/mol. The fourth-order valence-electron chi connectivity index (χ4n) is 7.48. The number of nitrogens with one attached hydrogen (secondary N) is 2. The highest BCUT2D eigenvalue weighted by Gasteiger charge is 2.85. The molecule has 1 saturated carbocycles. The molecule has 44 heavy (non-hydrogen) atoms. The van der Waals surface area contributed by atoms with Gasteiger partial charge in [0.05, 0.1) is 49.7 Å². The molecule has 2 N–H and O–H groups in total. The van der Waals surface area contributed by atoms with Crippen LogP contribution >= 0.6 is 0 Å². The molecule has 232 valence electrons. The van der Waals surface area contributed by atoms with Crippen molar-refractivity contribution in [1.29, 1.82) is 0 Å². The largest absolute Gasteiger partial charge is 0.465 e. The van der Waals surface area contributed by atoms with E-state index in [1.54, 1.807) is 27.7 Å². The molecule has 0 saturated heterocycles. The van der Waals surface area contributed by atoms with E-state index in [1.807, 2.05) is 60.7 Å². The minimum Gasteiger partial charge on any atom is -0.465 e. The minimum absolute atomic E-state index is 0.0679. The van der Waals surface area contributed by atoms with Crippen LogP contribution in [0.1, 0.15) is 50.7 Å². The van der Waals surface area contributed by atoms with Crippen molar-refractivity contribution in [2.45, 2.75) is 51.6 Å². The van der Waals surface area contributed by atoms with E-state index in [2.05, 4.69) is 10.6 Å². The van der Waals surface area contributed by atoms with Gasteiger partial charge in [0.1, 0.15) is 10.8 Å². The van der Waals surface area contributed by atoms with Crippen LogP contribution in [0.5, 0.6) is 0 Å². The fraction of sp³-hybridized carbons (Fsp3) is 0.412. The monoisotopic (exact) mass is 602 g/mol. The van der Waals surface area contributed by atoms with Gasteiger partial charge in [0.2, 0.25) is 0 Å². The molecular formula is C34H38N2O8. The van der Waals surface area contributed by atoms with E-state index in [1.165, 1.54) is 12.4 Å². The van der Waals surface area contributed by atoms with E-state index in [9.17, 15) is 19.2 Å². The number of fused-ring (bicyclic) bond motifs is 4. The Labute approximate surface area is 256 Å². The van der Waals surface area contributed by atoms with Crippen molar-refractivity contribution in [1.82, 2.24) is 10.6 Å². The van der Waals surface area contributed by atoms with Crippen LogP contribution in [0.2, 0.25) is 0 Å². The highest BCUT2D eigenvalue weighted by molar-refractivity contribution is 6.01. The summed E-state index contributed by atoms with van der Waals surface area (Å²) in [6, 6.07) is 16.4. The lowest BCUT2D eigenvalue weighted by Gasteiger charge is -2.71. The molecule has 2 aliphatic heterocycles. The summed E-state index contributed by atoms with van der Waals surface area (Å²) in [6.45, 7) is 7.22. The van der Waals surface area contributed by atoms with Crippen molar-refractivity contribution in [3.05, 3.63) is 95.3 Å². The van der Waals surface area contributed by atoms with Gasteiger partial charge in [-0.15, -0.1) is 0 Å². The number of hydrogen-bond donors (Lipinski definition) is 2. The summed E-state index contributed by atoms with van der Waals surface area (Å²) in [7, 11) is 0. The first kappa shape index (κ1) is 30.8. The second-order valence-electron chi connectivity index (χ2n) is 10.8. The van der Waals surface area contributed by atoms with Crippen LogP contribution in [-0.4, -0.2) is 62.4 Å². The number of hydrogen-bond acceptors (Lipinski definition) is 10. The summed E-state index contributed by atoms with van der Waals surface area (Å²) >= 11 is 0. The number of rotatable bonds is 10. The zero-order valence-corrected chi connectivity index (χ0v) is 25.3. The maximum absolute atomic E-state index is 14.5. The third-order valence-electron chi connectivity index (χ3n) is 8.85. The van der Waals surface area contributed by atoms with Gasteiger partial charge in [0.15, 0.2) is 0 Å². The maximum Gasteiger partial charge on any atom is 0.336 e. The molecule has 0 bridgehead atoms. The van der Waals surface area contributed by atoms with Crippen molar-refractivity contribution >= 4 is 23.9 Å². The number of benzene rings is 2. The van der Waals surface area contributed by atoms with Gasteiger partial charge in [-0.3, -0.25) is 9.59 Å². The Morgan fingerprint density at radius 3 is 1.23 bits per heavy atom. The van der Waals surface area contributed by atoms with Crippen molar-refractivity contribution < 1.29 is 38.1 Å². The predicted octanol–water partition coefficient (Wildman–Crippen LogP) is 3.50. The Balaban J connectivity index is 1.84. The molecule has 2 aromatic rings. The molecule has 2 heterocycles. The number of ether oxygens (including phenoxy) is 4. The standard InChI is InChI=1S/C34H38N2O8/c1-5-41-27(37)23-19-35-29-33(31(39)43-7-3,25(23)21-15-11-9-12-16-21)30-34(29,32(40)44-8-4)26(22-17-13-10-14-18-22)24(20-36-30)28(38)42-6-2/h9-20,25-26,29-30,35-36H,5-8H2,1-4H3/t25-,26+,29?,30?,33?,34?. The Morgan fingerprint density at radius 2 is 0.909 bits per heavy atom. The van der Waals surface area contributed by atoms with E-state index in [0.717, 1.165) is 0 Å². The second-order valence-corrected chi connectivity index (χ2v) is 10.8. The quantitative estimate of drug-likeness (QED) is 0.308. The highest BCUT2D eigenvalue weighted by atomic mass is 16.5. The van der Waals surface area contributed by atoms with Gasteiger partial charge in [-0.2, -0.15) is 0 Å². The third kappa shape index (κ3) is 4.46. The van der Waals surface area contributed by atoms with Gasteiger partial charge in [0, 0.05) is 24.2 Å². The molecule has 5 rings (SSSR count). The summed E-state index contributed by atoms with van der Waals surface area (Å²) < 4.78 is 22.4. The maximum atomic E-state index is 14.5. The van der Waals surface area contributed by atoms with Crippen molar-refractivity contribution in [3.63, 3.8) is 0 Å². The van der Waals surface area contributed by atoms with Crippen LogP contribution in [0.3, 0.4) is 0 Å². The van der Waals surface area contributed by atoms with Gasteiger partial charge < -0.3 is 29.6 Å². The smallest absolute Gasteiger partial charge is 0.336 e. The van der Waals surface area contributed by atoms with Crippen LogP contribution in [0.4, 0.5) is 0 Å². The zero-order chi connectivity index (χ0) is 31.5. The first-order valence-corrected chi connectivity index (χ1v) is 15.1. The summed E-state index contributed by atoms with van der Waals surface area (Å²) in [5.74, 6) is -4.13. The molecule has 2 aromatic carbocycles. The SMILES string of the molecule is CCOC(=O)C1=CNC2C(C(=O)OCC)(C3NC=C(C(=O)OCC)[C@H](c4ccccc4)C23C(=O)OCC)[C@@H]1c1ccccc1. The van der Waals surface area contributed by atoms with Gasteiger partial charge in [0.25, 0.3) is 0 Å². The fourth-order valence-corrected chi connectivity index (χ4v) is 7.48. The van der Waals surface area contributed by atoms with Crippen LogP contribution < -0.4 is 10.6 Å². The molecule has 1 fully saturated rings. The molecule has 0 unspecified atom stereocenters. The van der Waals surface area contributed by atoms with Gasteiger partial charge in [-0.05, 0) is 38.8 Å². The topological polar surface area (TPSA) is 129 Å². The van der Waals surface area contributed by atoms with E-state index in [4.69, 9.17) is 18.9 Å². The van der Waals surface area contributed by atoms with Crippen molar-refractivity contribution in [2.75, 3.05) is 26.4 Å². The lowest BCUT2D eigenvalue weighted by Crippen LogP contribution is -2.88. The average Bonchev–Trinajstić information content (AvgIpc) is 3.03. The van der Waals surface area contributed by atoms with Crippen LogP contribution in [0.15, 0.2) is 84.2 Å². The van der Waals surface area contributed by atoms with Crippen LogP contribution in [0, 0.1) is 10.8 Å². The van der Waals surface area contributed by atoms with Gasteiger partial charge in [-0.25, -0.2) is 9.59 Å². The van der Waals surface area contributed by atoms with Gasteiger partial charge >= 0.3 is 23.9 Å². The average molecular weight is 603 g/mol. The van der Waals surface area contributed by atoms with Crippen molar-refractivity contribution in [2.24, 2.45) is 10.8 Å². The Morgan fingerprint density at radius 1 is 0.568 bits per heavy atom. The van der Waals surface area contributed by atoms with E-state index in [-0.39, 0.29) is 37.6 Å². The molecule has 0 radical (unpaired) electrons. The van der Waals surface area contributed by atoms with E-state index >= 15 is 0 Å². The lowest BCUT2D eigenvalue weighted by atomic mass is 9.34. The third-order valence-corrected chi connectivity index (χ3v) is 8.85. The summed E-state index contributed by atoms with van der Waals surface area (Å²) in [4.78, 5) is 55.9. The first-order chi connectivity index (χ1) is 21.3. The molecule has 0 amide bonds. The number of carbonyl (C=O) groups is 4. The molecule has 0 aromatic heterocycles. The first-order valence-electron chi connectivity index (χ1n) is 15.1. The second kappa shape index (κ2) is 12.6. The summed E-state index contributed by atoms with van der Waals surface area (Å²) in [6.07, 6.45) is 3.05. The lowest BCUT2D eigenvalue weighted by molar-refractivity contribution is -0.214. The molecule has 0 spiro atoms. The zero-order valence-electron chi connectivity index (χ0n) is 25.3. The van der Waals surface area contributed by atoms with E-state index in [0.29, 0.717) is 11.1 Å². The Kier molecular flexibility index (Phi) is 8.80. The number of esters is 4. The molecule has 10 heteroatoms. The Bertz CT molecular complexity index is 1350. The molecule has 0 atom stereocenters. The van der Waals surface area contributed by atoms with Gasteiger partial charge in [-0.1, -0.05) is 60.7 Å². The Hall–Kier alpha value is -4.60. The normalized spacial score (nSPS) is 28.2. The summed E-state index contributed by atoms with van der Waals surface area (Å²) in [5.41, 5.74) is -1.30. The predicted molar refractivity (Wildman–Crippen MR) is 160 cm³/mol. The van der Waals surface area contributed by atoms with Crippen LogP contribution in [0.25, 0.3) is 0 Å². The van der Waals surface area contributed by atoms with Crippen LogP contribution in [-0.2, 0) is 38.1 Å². The molecule has 3 aliphatic rings. The molecule has 1 aliphatic carbocycles. The summed E-state index contributed by atoms with van der Waals surface area (Å²) in [5, 5.41) is 6.55. The minimum atomic E-state index is -1.54. The number of carbonyl (C=O) groups excluding carboxylic acids is 4. The highest BCUT2D eigenvalue weighted by Crippen LogP contribution is 2.71.